The number of carbonyl (C=O) groups excluding carboxylic acids is 1. The van der Waals surface area contributed by atoms with Gasteiger partial charge in [0, 0.05) is 19.0 Å². The smallest absolute Gasteiger partial charge is 0.261 e. The first-order chi connectivity index (χ1) is 15.4. The number of ether oxygens (including phenoxy) is 1. The van der Waals surface area contributed by atoms with Crippen LogP contribution < -0.4 is 15.4 Å². The van der Waals surface area contributed by atoms with Crippen molar-refractivity contribution in [1.29, 1.82) is 0 Å². The summed E-state index contributed by atoms with van der Waals surface area (Å²) in [5.74, 6) is 0.0731. The molecule has 4 aromatic rings. The Hall–Kier alpha value is -1.85. The Labute approximate surface area is 219 Å². The fraction of sp³-hybridized carbons (Fsp3) is 0.0455. The molecule has 4 rings (SSSR count). The number of benzene rings is 3. The lowest BCUT2D eigenvalue weighted by molar-refractivity contribution is 0.0974. The normalized spacial score (nSPS) is 10.8. The number of para-hydroxylation sites is 1. The second kappa shape index (κ2) is 9.96. The average molecular weight is 656 g/mol. The van der Waals surface area contributed by atoms with Crippen molar-refractivity contribution in [3.63, 3.8) is 0 Å². The van der Waals surface area contributed by atoms with E-state index >= 15 is 0 Å². The molecule has 1 aromatic heterocycles. The number of methoxy groups -OCH3 is 1. The van der Waals surface area contributed by atoms with Crippen molar-refractivity contribution in [1.82, 2.24) is 10.3 Å². The third-order valence-electron chi connectivity index (χ3n) is 4.45. The number of aromatic nitrogens is 1. The molecule has 0 saturated heterocycles. The van der Waals surface area contributed by atoms with E-state index in [9.17, 15) is 4.79 Å². The van der Waals surface area contributed by atoms with Gasteiger partial charge in [-0.25, -0.2) is 4.98 Å². The third-order valence-corrected chi connectivity index (χ3v) is 7.30. The summed E-state index contributed by atoms with van der Waals surface area (Å²) in [6.45, 7) is 0. The van der Waals surface area contributed by atoms with Crippen molar-refractivity contribution in [2.75, 3.05) is 12.4 Å². The van der Waals surface area contributed by atoms with Crippen molar-refractivity contribution in [3.8, 4) is 16.3 Å². The summed E-state index contributed by atoms with van der Waals surface area (Å²) in [4.78, 5) is 17.6. The monoisotopic (exact) mass is 653 g/mol. The number of hydrogen-bond acceptors (Lipinski definition) is 5. The number of nitrogens with zero attached hydrogens (tertiary/aromatic N) is 1. The number of anilines is 1. The third kappa shape index (κ3) is 5.04. The fourth-order valence-corrected chi connectivity index (χ4v) is 5.90. The van der Waals surface area contributed by atoms with Crippen molar-refractivity contribution < 1.29 is 9.53 Å². The van der Waals surface area contributed by atoms with Crippen LogP contribution in [-0.2, 0) is 0 Å². The molecule has 162 valence electrons. The van der Waals surface area contributed by atoms with E-state index in [-0.39, 0.29) is 11.0 Å². The quantitative estimate of drug-likeness (QED) is 0.225. The lowest BCUT2D eigenvalue weighted by atomic mass is 10.2. The van der Waals surface area contributed by atoms with Gasteiger partial charge in [-0.2, -0.15) is 0 Å². The van der Waals surface area contributed by atoms with Gasteiger partial charge in [-0.1, -0.05) is 44.0 Å². The highest BCUT2D eigenvalue weighted by Gasteiger charge is 2.18. The predicted molar refractivity (Wildman–Crippen MR) is 145 cm³/mol. The number of carbonyl (C=O) groups is 1. The molecule has 0 aliphatic heterocycles. The summed E-state index contributed by atoms with van der Waals surface area (Å²) >= 11 is 17.5. The molecule has 1 heterocycles. The summed E-state index contributed by atoms with van der Waals surface area (Å²) < 4.78 is 8.80. The Bertz CT molecular complexity index is 1320. The zero-order valence-electron chi connectivity index (χ0n) is 16.4. The number of fused-ring (bicyclic) bond motifs is 1. The van der Waals surface area contributed by atoms with Crippen LogP contribution in [0, 0.1) is 0 Å². The molecule has 0 bridgehead atoms. The van der Waals surface area contributed by atoms with Gasteiger partial charge < -0.3 is 10.1 Å². The second-order valence-electron chi connectivity index (χ2n) is 6.55. The van der Waals surface area contributed by atoms with E-state index in [1.165, 1.54) is 7.11 Å². The molecule has 10 heteroatoms. The first-order valence-electron chi connectivity index (χ1n) is 9.16. The molecule has 0 aliphatic carbocycles. The van der Waals surface area contributed by atoms with E-state index in [1.807, 2.05) is 36.4 Å². The molecule has 2 N–H and O–H groups in total. The Morgan fingerprint density at radius 3 is 2.59 bits per heavy atom. The first kappa shape index (κ1) is 23.3. The SMILES string of the molecule is COc1ccc(Br)cc1C(=O)NC(=S)Nc1c(Br)cc(Br)cc1-c1nc2ccccc2s1. The highest BCUT2D eigenvalue weighted by molar-refractivity contribution is 9.11. The van der Waals surface area contributed by atoms with Gasteiger partial charge in [0.25, 0.3) is 5.91 Å². The lowest BCUT2D eigenvalue weighted by Gasteiger charge is -2.15. The van der Waals surface area contributed by atoms with Crippen molar-refractivity contribution in [2.24, 2.45) is 0 Å². The maximum Gasteiger partial charge on any atom is 0.261 e. The molecular weight excluding hydrogens is 642 g/mol. The molecule has 0 aliphatic rings. The maximum absolute atomic E-state index is 12.8. The largest absolute Gasteiger partial charge is 0.496 e. The average Bonchev–Trinajstić information content (AvgIpc) is 3.19. The minimum atomic E-state index is -0.379. The Balaban J connectivity index is 1.64. The van der Waals surface area contributed by atoms with Gasteiger partial charge in [-0.15, -0.1) is 11.3 Å². The molecule has 0 spiro atoms. The van der Waals surface area contributed by atoms with Crippen molar-refractivity contribution in [2.45, 2.75) is 0 Å². The van der Waals surface area contributed by atoms with Gasteiger partial charge in [0.15, 0.2) is 5.11 Å². The van der Waals surface area contributed by atoms with Gasteiger partial charge in [-0.3, -0.25) is 10.1 Å². The minimum absolute atomic E-state index is 0.155. The van der Waals surface area contributed by atoms with Crippen LogP contribution in [0.25, 0.3) is 20.8 Å². The van der Waals surface area contributed by atoms with Crippen LogP contribution in [0.5, 0.6) is 5.75 Å². The van der Waals surface area contributed by atoms with Crippen LogP contribution >= 0.6 is 71.3 Å². The number of hydrogen-bond donors (Lipinski definition) is 2. The molecule has 3 aromatic carbocycles. The van der Waals surface area contributed by atoms with Crippen LogP contribution in [0.1, 0.15) is 10.4 Å². The Morgan fingerprint density at radius 2 is 1.84 bits per heavy atom. The Kier molecular flexibility index (Phi) is 7.26. The molecule has 5 nitrogen and oxygen atoms in total. The summed E-state index contributed by atoms with van der Waals surface area (Å²) in [7, 11) is 1.51. The van der Waals surface area contributed by atoms with Crippen LogP contribution in [0.4, 0.5) is 5.69 Å². The number of halogens is 3. The lowest BCUT2D eigenvalue weighted by Crippen LogP contribution is -2.34. The van der Waals surface area contributed by atoms with E-state index < -0.39 is 0 Å². The zero-order valence-corrected chi connectivity index (χ0v) is 22.8. The van der Waals surface area contributed by atoms with E-state index in [0.717, 1.165) is 34.2 Å². The molecule has 0 saturated carbocycles. The number of thiocarbonyl (C=S) groups is 1. The van der Waals surface area contributed by atoms with Gasteiger partial charge in [0.1, 0.15) is 10.8 Å². The van der Waals surface area contributed by atoms with Gasteiger partial charge >= 0.3 is 0 Å². The van der Waals surface area contributed by atoms with E-state index in [4.69, 9.17) is 21.9 Å². The van der Waals surface area contributed by atoms with E-state index in [2.05, 4.69) is 58.4 Å². The highest BCUT2D eigenvalue weighted by Crippen LogP contribution is 2.40. The number of amides is 1. The predicted octanol–water partition coefficient (Wildman–Crippen LogP) is 7.39. The van der Waals surface area contributed by atoms with Crippen LogP contribution in [0.15, 0.2) is 68.0 Å². The molecule has 1 amide bonds. The van der Waals surface area contributed by atoms with Gasteiger partial charge in [-0.05, 0) is 70.6 Å². The first-order valence-corrected chi connectivity index (χ1v) is 12.8. The standard InChI is InChI=1S/C22H14Br3N3O2S2/c1-30-17-7-6-11(23)8-13(17)20(29)28-22(31)27-19-14(9-12(24)10-15(19)25)21-26-16-4-2-3-5-18(16)32-21/h2-10H,1H3,(H2,27,28,29,31). The summed E-state index contributed by atoms with van der Waals surface area (Å²) in [5.41, 5.74) is 2.85. The highest BCUT2D eigenvalue weighted by atomic mass is 79.9. The van der Waals surface area contributed by atoms with E-state index in [0.29, 0.717) is 17.0 Å². The minimum Gasteiger partial charge on any atom is -0.496 e. The molecule has 32 heavy (non-hydrogen) atoms. The van der Waals surface area contributed by atoms with Crippen molar-refractivity contribution in [3.05, 3.63) is 73.6 Å². The maximum atomic E-state index is 12.8. The molecule has 0 atom stereocenters. The number of nitrogens with one attached hydrogen (secondary N) is 2. The zero-order chi connectivity index (χ0) is 22.8. The Morgan fingerprint density at radius 1 is 1.06 bits per heavy atom. The number of rotatable bonds is 4. The summed E-state index contributed by atoms with van der Waals surface area (Å²) in [5, 5.41) is 6.86. The van der Waals surface area contributed by atoms with Crippen LogP contribution in [0.3, 0.4) is 0 Å². The summed E-state index contributed by atoms with van der Waals surface area (Å²) in [6.07, 6.45) is 0. The molecular formula is C22H14Br3N3O2S2. The molecule has 0 radical (unpaired) electrons. The van der Waals surface area contributed by atoms with Crippen LogP contribution in [0.2, 0.25) is 0 Å². The molecule has 0 fully saturated rings. The van der Waals surface area contributed by atoms with E-state index in [1.54, 1.807) is 29.5 Å². The van der Waals surface area contributed by atoms with Gasteiger partial charge in [0.2, 0.25) is 0 Å². The second-order valence-corrected chi connectivity index (χ2v) is 10.7. The number of thiazole rings is 1. The molecule has 0 unspecified atom stereocenters. The topological polar surface area (TPSA) is 63.2 Å². The fourth-order valence-electron chi connectivity index (χ4n) is 3.03. The van der Waals surface area contributed by atoms with Crippen LogP contribution in [-0.4, -0.2) is 23.1 Å². The summed E-state index contributed by atoms with van der Waals surface area (Å²) in [6, 6.07) is 17.0. The van der Waals surface area contributed by atoms with Crippen molar-refractivity contribution >= 4 is 98.3 Å². The van der Waals surface area contributed by atoms with Gasteiger partial charge in [0.05, 0.1) is 28.6 Å².